The van der Waals surface area contributed by atoms with E-state index in [1.807, 2.05) is 78.9 Å². The molecule has 4 aromatic carbocycles. The number of furan rings is 1. The van der Waals surface area contributed by atoms with Crippen LogP contribution in [0.5, 0.6) is 5.75 Å². The van der Waals surface area contributed by atoms with Crippen LogP contribution in [0.4, 0.5) is 5.69 Å². The van der Waals surface area contributed by atoms with Gasteiger partial charge in [0.2, 0.25) is 0 Å². The predicted molar refractivity (Wildman–Crippen MR) is 144 cm³/mol. The van der Waals surface area contributed by atoms with E-state index in [0.717, 1.165) is 33.5 Å². The predicted octanol–water partition coefficient (Wildman–Crippen LogP) is 7.49. The highest BCUT2D eigenvalue weighted by atomic mass is 16.5. The third kappa shape index (κ3) is 6.47. The van der Waals surface area contributed by atoms with E-state index < -0.39 is 5.97 Å². The molecule has 0 saturated heterocycles. The molecule has 0 unspecified atom stereocenters. The molecule has 5 aromatic rings. The van der Waals surface area contributed by atoms with Gasteiger partial charge in [-0.3, -0.25) is 0 Å². The smallest absolute Gasteiger partial charge is 0.342 e. The minimum absolute atomic E-state index is 0.201. The van der Waals surface area contributed by atoms with E-state index >= 15 is 0 Å². The summed E-state index contributed by atoms with van der Waals surface area (Å²) in [6.45, 7) is 1.17. The molecule has 0 fully saturated rings. The first-order valence-electron chi connectivity index (χ1n) is 12.1. The Morgan fingerprint density at radius 1 is 0.703 bits per heavy atom. The Bertz CT molecular complexity index is 1410. The van der Waals surface area contributed by atoms with Crippen LogP contribution >= 0.6 is 0 Å². The molecule has 0 aliphatic heterocycles. The van der Waals surface area contributed by atoms with Crippen LogP contribution in [-0.2, 0) is 24.5 Å². The fraction of sp³-hybridized carbons (Fsp3) is 0.0938. The molecule has 0 amide bonds. The Hall–Kier alpha value is -4.77. The number of nitrogens with one attached hydrogen (secondary N) is 1. The van der Waals surface area contributed by atoms with E-state index in [2.05, 4.69) is 29.6 Å². The Kier molecular flexibility index (Phi) is 7.62. The lowest BCUT2D eigenvalue weighted by molar-refractivity contribution is 0.0467. The second-order valence-corrected chi connectivity index (χ2v) is 8.61. The highest BCUT2D eigenvalue weighted by Gasteiger charge is 2.16. The second kappa shape index (κ2) is 11.8. The van der Waals surface area contributed by atoms with Crippen molar-refractivity contribution in [1.82, 2.24) is 0 Å². The molecule has 0 spiro atoms. The quantitative estimate of drug-likeness (QED) is 0.206. The van der Waals surface area contributed by atoms with Gasteiger partial charge in [0.15, 0.2) is 0 Å². The van der Waals surface area contributed by atoms with Crippen molar-refractivity contribution < 1.29 is 18.7 Å². The van der Waals surface area contributed by atoms with Crippen molar-refractivity contribution in [2.24, 2.45) is 0 Å². The van der Waals surface area contributed by atoms with Crippen molar-refractivity contribution in [3.05, 3.63) is 144 Å². The molecule has 0 atom stereocenters. The van der Waals surface area contributed by atoms with Gasteiger partial charge in [0.1, 0.15) is 24.5 Å². The highest BCUT2D eigenvalue weighted by Crippen LogP contribution is 2.27. The molecule has 0 bridgehead atoms. The molecule has 0 radical (unpaired) electrons. The van der Waals surface area contributed by atoms with Gasteiger partial charge >= 0.3 is 5.97 Å². The lowest BCUT2D eigenvalue weighted by Crippen LogP contribution is -2.09. The largest absolute Gasteiger partial charge is 0.488 e. The molecule has 184 valence electrons. The number of benzene rings is 4. The fourth-order valence-electron chi connectivity index (χ4n) is 3.90. The normalized spacial score (nSPS) is 10.6. The molecule has 5 rings (SSSR count). The molecule has 5 nitrogen and oxygen atoms in total. The highest BCUT2D eigenvalue weighted by molar-refractivity contribution is 5.93. The molecule has 1 N–H and O–H groups in total. The van der Waals surface area contributed by atoms with Crippen molar-refractivity contribution in [3.8, 4) is 16.9 Å². The van der Waals surface area contributed by atoms with Crippen LogP contribution in [0, 0.1) is 0 Å². The van der Waals surface area contributed by atoms with Gasteiger partial charge in [-0.2, -0.15) is 0 Å². The summed E-state index contributed by atoms with van der Waals surface area (Å²) in [5.74, 6) is 0.0514. The molecular formula is C32H27NO4. The molecule has 5 heteroatoms. The second-order valence-electron chi connectivity index (χ2n) is 8.61. The third-order valence-electron chi connectivity index (χ3n) is 5.96. The number of carbonyl (C=O) groups is 1. The summed E-state index contributed by atoms with van der Waals surface area (Å²) in [5, 5.41) is 3.43. The SMILES string of the molecule is O=C(OCc1ccccc1)c1ccc(NCc2ccc(-c3ccoc3)cc2)cc1OCc1ccccc1. The first-order valence-corrected chi connectivity index (χ1v) is 12.1. The Morgan fingerprint density at radius 2 is 1.41 bits per heavy atom. The zero-order valence-electron chi connectivity index (χ0n) is 20.3. The van der Waals surface area contributed by atoms with Gasteiger partial charge < -0.3 is 19.2 Å². The van der Waals surface area contributed by atoms with Crippen molar-refractivity contribution >= 4 is 11.7 Å². The monoisotopic (exact) mass is 489 g/mol. The topological polar surface area (TPSA) is 60.7 Å². The molecule has 0 aliphatic rings. The van der Waals surface area contributed by atoms with Crippen molar-refractivity contribution in [1.29, 1.82) is 0 Å². The van der Waals surface area contributed by atoms with Gasteiger partial charge in [0.25, 0.3) is 0 Å². The van der Waals surface area contributed by atoms with Gasteiger partial charge in [0, 0.05) is 23.9 Å². The Balaban J connectivity index is 1.29. The lowest BCUT2D eigenvalue weighted by atomic mass is 10.1. The number of carbonyl (C=O) groups excluding carboxylic acids is 1. The summed E-state index contributed by atoms with van der Waals surface area (Å²) in [4.78, 5) is 12.9. The number of esters is 1. The average molecular weight is 490 g/mol. The van der Waals surface area contributed by atoms with Crippen molar-refractivity contribution in [3.63, 3.8) is 0 Å². The van der Waals surface area contributed by atoms with E-state index in [0.29, 0.717) is 24.5 Å². The van der Waals surface area contributed by atoms with Gasteiger partial charge in [-0.25, -0.2) is 4.79 Å². The summed E-state index contributed by atoms with van der Waals surface area (Å²) in [7, 11) is 0. The summed E-state index contributed by atoms with van der Waals surface area (Å²) in [6.07, 6.45) is 3.40. The first-order chi connectivity index (χ1) is 18.2. The summed E-state index contributed by atoms with van der Waals surface area (Å²) in [5.41, 5.74) is 6.47. The van der Waals surface area contributed by atoms with E-state index in [1.54, 1.807) is 18.6 Å². The average Bonchev–Trinajstić information content (AvgIpc) is 3.50. The summed E-state index contributed by atoms with van der Waals surface area (Å²) in [6, 6.07) is 35.2. The molecular weight excluding hydrogens is 462 g/mol. The maximum Gasteiger partial charge on any atom is 0.342 e. The molecule has 0 saturated carbocycles. The zero-order valence-corrected chi connectivity index (χ0v) is 20.3. The summed E-state index contributed by atoms with van der Waals surface area (Å²) >= 11 is 0. The van der Waals surface area contributed by atoms with E-state index in [1.165, 1.54) is 0 Å². The lowest BCUT2D eigenvalue weighted by Gasteiger charge is -2.14. The van der Waals surface area contributed by atoms with Crippen LogP contribution in [0.2, 0.25) is 0 Å². The van der Waals surface area contributed by atoms with E-state index in [-0.39, 0.29) is 6.61 Å². The van der Waals surface area contributed by atoms with Crippen LogP contribution in [-0.4, -0.2) is 5.97 Å². The van der Waals surface area contributed by atoms with Crippen LogP contribution in [0.3, 0.4) is 0 Å². The van der Waals surface area contributed by atoms with E-state index in [9.17, 15) is 4.79 Å². The number of anilines is 1. The van der Waals surface area contributed by atoms with Gasteiger partial charge in [-0.1, -0.05) is 84.9 Å². The minimum atomic E-state index is -0.423. The standard InChI is InChI=1S/C32H27NO4/c34-32(37-22-26-9-5-2-6-10-26)30-16-15-29(19-31(30)36-21-25-7-3-1-4-8-25)33-20-24-11-13-27(14-12-24)28-17-18-35-23-28/h1-19,23,33H,20-22H2. The fourth-order valence-corrected chi connectivity index (χ4v) is 3.90. The van der Waals surface area contributed by atoms with Crippen LogP contribution < -0.4 is 10.1 Å². The van der Waals surface area contributed by atoms with Gasteiger partial charge in [0.05, 0.1) is 12.5 Å². The molecule has 1 heterocycles. The van der Waals surface area contributed by atoms with Crippen LogP contribution in [0.25, 0.3) is 11.1 Å². The summed E-state index contributed by atoms with van der Waals surface area (Å²) < 4.78 is 16.8. The Labute approximate surface area is 216 Å². The minimum Gasteiger partial charge on any atom is -0.488 e. The molecule has 37 heavy (non-hydrogen) atoms. The number of ether oxygens (including phenoxy) is 2. The van der Waals surface area contributed by atoms with Gasteiger partial charge in [-0.05, 0) is 40.5 Å². The van der Waals surface area contributed by atoms with E-state index in [4.69, 9.17) is 13.9 Å². The maximum atomic E-state index is 12.9. The van der Waals surface area contributed by atoms with Crippen molar-refractivity contribution in [2.45, 2.75) is 19.8 Å². The third-order valence-corrected chi connectivity index (χ3v) is 5.96. The van der Waals surface area contributed by atoms with Crippen molar-refractivity contribution in [2.75, 3.05) is 5.32 Å². The molecule has 1 aromatic heterocycles. The maximum absolute atomic E-state index is 12.9. The number of hydrogen-bond acceptors (Lipinski definition) is 5. The van der Waals surface area contributed by atoms with Gasteiger partial charge in [-0.15, -0.1) is 0 Å². The number of hydrogen-bond donors (Lipinski definition) is 1. The number of rotatable bonds is 10. The Morgan fingerprint density at radius 3 is 2.08 bits per heavy atom. The zero-order chi connectivity index (χ0) is 25.3. The van der Waals surface area contributed by atoms with Crippen LogP contribution in [0.1, 0.15) is 27.0 Å². The molecule has 0 aliphatic carbocycles. The first kappa shape index (κ1) is 23.9. The van der Waals surface area contributed by atoms with Crippen LogP contribution in [0.15, 0.2) is 126 Å².